The van der Waals surface area contributed by atoms with E-state index in [-0.39, 0.29) is 0 Å². The maximum atomic E-state index is 5.97. The van der Waals surface area contributed by atoms with E-state index in [9.17, 15) is 0 Å². The first-order valence-electron chi connectivity index (χ1n) is 6.89. The molecule has 0 aliphatic carbocycles. The standard InChI is InChI=1S/C17H20BrNO2/c1-12-3-6-17(13(9-12)7-8-19)21-11-14-10-15(20-2)4-5-16(14)18/h3-6,9-10H,7-8,11,19H2,1-2H3. The van der Waals surface area contributed by atoms with Gasteiger partial charge in [0.1, 0.15) is 18.1 Å². The molecular formula is C17H20BrNO2. The first kappa shape index (κ1) is 15.9. The topological polar surface area (TPSA) is 44.5 Å². The molecule has 0 atom stereocenters. The minimum absolute atomic E-state index is 0.485. The molecule has 0 unspecified atom stereocenters. The summed E-state index contributed by atoms with van der Waals surface area (Å²) in [6.07, 6.45) is 0.816. The highest BCUT2D eigenvalue weighted by Gasteiger charge is 2.07. The van der Waals surface area contributed by atoms with Crippen LogP contribution in [-0.4, -0.2) is 13.7 Å². The molecule has 4 heteroatoms. The molecule has 0 spiro atoms. The maximum absolute atomic E-state index is 5.97. The summed E-state index contributed by atoms with van der Waals surface area (Å²) in [5, 5.41) is 0. The van der Waals surface area contributed by atoms with E-state index in [2.05, 4.69) is 35.0 Å². The number of rotatable bonds is 6. The molecule has 2 aromatic rings. The van der Waals surface area contributed by atoms with E-state index in [1.54, 1.807) is 7.11 Å². The molecule has 0 aliphatic heterocycles. The van der Waals surface area contributed by atoms with Crippen LogP contribution in [0.3, 0.4) is 0 Å². The van der Waals surface area contributed by atoms with Crippen molar-refractivity contribution >= 4 is 15.9 Å². The van der Waals surface area contributed by atoms with Gasteiger partial charge in [0.2, 0.25) is 0 Å². The summed E-state index contributed by atoms with van der Waals surface area (Å²) in [5.74, 6) is 1.71. The summed E-state index contributed by atoms with van der Waals surface area (Å²) in [7, 11) is 1.66. The summed E-state index contributed by atoms with van der Waals surface area (Å²) < 4.78 is 12.2. The highest BCUT2D eigenvalue weighted by atomic mass is 79.9. The molecule has 0 radical (unpaired) electrons. The van der Waals surface area contributed by atoms with Crippen LogP contribution in [0.15, 0.2) is 40.9 Å². The van der Waals surface area contributed by atoms with Gasteiger partial charge in [-0.3, -0.25) is 0 Å². The van der Waals surface area contributed by atoms with E-state index in [1.807, 2.05) is 24.3 Å². The van der Waals surface area contributed by atoms with Crippen LogP contribution in [0.1, 0.15) is 16.7 Å². The molecule has 2 N–H and O–H groups in total. The molecule has 0 bridgehead atoms. The number of hydrogen-bond acceptors (Lipinski definition) is 3. The van der Waals surface area contributed by atoms with Crippen LogP contribution >= 0.6 is 15.9 Å². The molecule has 0 amide bonds. The third kappa shape index (κ3) is 4.22. The van der Waals surface area contributed by atoms with Gasteiger partial charge in [0.15, 0.2) is 0 Å². The Balaban J connectivity index is 2.16. The Morgan fingerprint density at radius 1 is 1.10 bits per heavy atom. The van der Waals surface area contributed by atoms with Gasteiger partial charge < -0.3 is 15.2 Å². The molecule has 3 nitrogen and oxygen atoms in total. The van der Waals surface area contributed by atoms with Crippen molar-refractivity contribution in [3.63, 3.8) is 0 Å². The zero-order valence-corrected chi connectivity index (χ0v) is 13.9. The average Bonchev–Trinajstić information content (AvgIpc) is 2.48. The first-order chi connectivity index (χ1) is 10.1. The largest absolute Gasteiger partial charge is 0.497 e. The van der Waals surface area contributed by atoms with Crippen LogP contribution in [-0.2, 0) is 13.0 Å². The molecule has 0 saturated heterocycles. The molecule has 0 aliphatic rings. The van der Waals surface area contributed by atoms with Crippen LogP contribution < -0.4 is 15.2 Å². The molecule has 112 valence electrons. The van der Waals surface area contributed by atoms with Crippen molar-refractivity contribution in [2.75, 3.05) is 13.7 Å². The predicted molar refractivity (Wildman–Crippen MR) is 89.0 cm³/mol. The van der Waals surface area contributed by atoms with Crippen molar-refractivity contribution in [2.45, 2.75) is 20.0 Å². The Kier molecular flexibility index (Phi) is 5.65. The third-order valence-electron chi connectivity index (χ3n) is 3.27. The van der Waals surface area contributed by atoms with Crippen LogP contribution in [0.2, 0.25) is 0 Å². The lowest BCUT2D eigenvalue weighted by Gasteiger charge is -2.13. The van der Waals surface area contributed by atoms with Gasteiger partial charge in [0.05, 0.1) is 7.11 Å². The van der Waals surface area contributed by atoms with Gasteiger partial charge in [-0.1, -0.05) is 33.6 Å². The number of methoxy groups -OCH3 is 1. The second-order valence-corrected chi connectivity index (χ2v) is 5.75. The Labute approximate surface area is 134 Å². The maximum Gasteiger partial charge on any atom is 0.123 e. The Hall–Kier alpha value is -1.52. The number of aryl methyl sites for hydroxylation is 1. The van der Waals surface area contributed by atoms with E-state index in [4.69, 9.17) is 15.2 Å². The normalized spacial score (nSPS) is 10.5. The van der Waals surface area contributed by atoms with Crippen molar-refractivity contribution in [1.29, 1.82) is 0 Å². The summed E-state index contributed by atoms with van der Waals surface area (Å²) >= 11 is 3.54. The fourth-order valence-corrected chi connectivity index (χ4v) is 2.51. The molecular weight excluding hydrogens is 330 g/mol. The van der Waals surface area contributed by atoms with Crippen LogP contribution in [0, 0.1) is 6.92 Å². The number of nitrogens with two attached hydrogens (primary N) is 1. The van der Waals surface area contributed by atoms with E-state index in [0.29, 0.717) is 13.2 Å². The summed E-state index contributed by atoms with van der Waals surface area (Å²) in [6.45, 7) is 3.17. The molecule has 2 rings (SSSR count). The van der Waals surface area contributed by atoms with Gasteiger partial charge in [0, 0.05) is 10.0 Å². The predicted octanol–water partition coefficient (Wildman–Crippen LogP) is 3.85. The number of ether oxygens (including phenoxy) is 2. The van der Waals surface area contributed by atoms with Gasteiger partial charge in [-0.2, -0.15) is 0 Å². The molecule has 0 aromatic heterocycles. The third-order valence-corrected chi connectivity index (χ3v) is 4.04. The molecule has 21 heavy (non-hydrogen) atoms. The second kappa shape index (κ2) is 7.48. The Morgan fingerprint density at radius 3 is 2.62 bits per heavy atom. The second-order valence-electron chi connectivity index (χ2n) is 4.90. The monoisotopic (exact) mass is 349 g/mol. The fraction of sp³-hybridized carbons (Fsp3) is 0.294. The number of benzene rings is 2. The summed E-state index contributed by atoms with van der Waals surface area (Å²) in [5.41, 5.74) is 9.08. The van der Waals surface area contributed by atoms with Crippen molar-refractivity contribution in [2.24, 2.45) is 5.73 Å². The zero-order chi connectivity index (χ0) is 15.2. The smallest absolute Gasteiger partial charge is 0.123 e. The van der Waals surface area contributed by atoms with Crippen LogP contribution in [0.5, 0.6) is 11.5 Å². The number of halogens is 1. The molecule has 0 saturated carbocycles. The van der Waals surface area contributed by atoms with Crippen LogP contribution in [0.4, 0.5) is 0 Å². The average molecular weight is 350 g/mol. The van der Waals surface area contributed by atoms with E-state index < -0.39 is 0 Å². The Bertz CT molecular complexity index is 614. The molecule has 2 aromatic carbocycles. The highest BCUT2D eigenvalue weighted by Crippen LogP contribution is 2.26. The lowest BCUT2D eigenvalue weighted by molar-refractivity contribution is 0.301. The minimum Gasteiger partial charge on any atom is -0.497 e. The molecule has 0 fully saturated rings. The summed E-state index contributed by atoms with van der Waals surface area (Å²) in [4.78, 5) is 0. The van der Waals surface area contributed by atoms with Gasteiger partial charge in [-0.05, 0) is 49.7 Å². The summed E-state index contributed by atoms with van der Waals surface area (Å²) in [6, 6.07) is 12.0. The van der Waals surface area contributed by atoms with E-state index in [0.717, 1.165) is 33.5 Å². The van der Waals surface area contributed by atoms with Crippen molar-refractivity contribution < 1.29 is 9.47 Å². The van der Waals surface area contributed by atoms with Gasteiger partial charge in [0.25, 0.3) is 0 Å². The number of hydrogen-bond donors (Lipinski definition) is 1. The van der Waals surface area contributed by atoms with E-state index in [1.165, 1.54) is 5.56 Å². The van der Waals surface area contributed by atoms with Crippen molar-refractivity contribution in [3.05, 3.63) is 57.6 Å². The lowest BCUT2D eigenvalue weighted by atomic mass is 10.1. The highest BCUT2D eigenvalue weighted by molar-refractivity contribution is 9.10. The SMILES string of the molecule is COc1ccc(Br)c(COc2ccc(C)cc2CCN)c1. The van der Waals surface area contributed by atoms with Crippen molar-refractivity contribution in [1.82, 2.24) is 0 Å². The quantitative estimate of drug-likeness (QED) is 0.861. The first-order valence-corrected chi connectivity index (χ1v) is 7.68. The van der Waals surface area contributed by atoms with Gasteiger partial charge >= 0.3 is 0 Å². The fourth-order valence-electron chi connectivity index (χ4n) is 2.14. The van der Waals surface area contributed by atoms with Gasteiger partial charge in [-0.25, -0.2) is 0 Å². The van der Waals surface area contributed by atoms with Crippen LogP contribution in [0.25, 0.3) is 0 Å². The zero-order valence-electron chi connectivity index (χ0n) is 12.4. The minimum atomic E-state index is 0.485. The van der Waals surface area contributed by atoms with Crippen molar-refractivity contribution in [3.8, 4) is 11.5 Å². The lowest BCUT2D eigenvalue weighted by Crippen LogP contribution is -2.06. The Morgan fingerprint density at radius 2 is 1.90 bits per heavy atom. The van der Waals surface area contributed by atoms with E-state index >= 15 is 0 Å². The molecule has 0 heterocycles. The van der Waals surface area contributed by atoms with Gasteiger partial charge in [-0.15, -0.1) is 0 Å².